The summed E-state index contributed by atoms with van der Waals surface area (Å²) < 4.78 is 13.1. The fourth-order valence-corrected chi connectivity index (χ4v) is 2.52. The molecule has 1 aliphatic rings. The van der Waals surface area contributed by atoms with Crippen LogP contribution in [0.1, 0.15) is 32.6 Å². The van der Waals surface area contributed by atoms with Gasteiger partial charge in [0.25, 0.3) is 0 Å². The molecule has 2 rings (SSSR count). The van der Waals surface area contributed by atoms with Crippen LogP contribution < -0.4 is 11.1 Å². The van der Waals surface area contributed by atoms with Gasteiger partial charge in [-0.3, -0.25) is 9.69 Å². The van der Waals surface area contributed by atoms with Crippen LogP contribution in [0.2, 0.25) is 0 Å². The van der Waals surface area contributed by atoms with Crippen LogP contribution >= 0.6 is 0 Å². The predicted octanol–water partition coefficient (Wildman–Crippen LogP) is 2.61. The van der Waals surface area contributed by atoms with Crippen LogP contribution in [0.5, 0.6) is 0 Å². The highest BCUT2D eigenvalue weighted by Crippen LogP contribution is 2.18. The lowest BCUT2D eigenvalue weighted by atomic mass is 10.2. The van der Waals surface area contributed by atoms with E-state index in [1.807, 2.05) is 6.92 Å². The van der Waals surface area contributed by atoms with E-state index in [4.69, 9.17) is 5.73 Å². The minimum Gasteiger partial charge on any atom is -0.396 e. The standard InChI is InChI=1S/C15H22FN3O/c1-11(19-8-4-2-3-5-9-19)15(20)18-12-6-7-13(16)14(17)10-12/h6-7,10-11H,2-5,8-9,17H2,1H3,(H,18,20). The first-order valence-electron chi connectivity index (χ1n) is 7.18. The van der Waals surface area contributed by atoms with E-state index in [1.165, 1.54) is 31.0 Å². The molecule has 1 fully saturated rings. The van der Waals surface area contributed by atoms with Crippen LogP contribution in [0.4, 0.5) is 15.8 Å². The molecule has 1 saturated heterocycles. The molecule has 5 heteroatoms. The van der Waals surface area contributed by atoms with Crippen molar-refractivity contribution in [2.24, 2.45) is 0 Å². The number of amides is 1. The Balaban J connectivity index is 1.97. The third kappa shape index (κ3) is 3.70. The Bertz CT molecular complexity index is 470. The number of carbonyl (C=O) groups is 1. The molecular formula is C15H22FN3O. The molecule has 110 valence electrons. The Morgan fingerprint density at radius 3 is 2.55 bits per heavy atom. The van der Waals surface area contributed by atoms with Crippen molar-refractivity contribution in [1.82, 2.24) is 4.90 Å². The van der Waals surface area contributed by atoms with Crippen molar-refractivity contribution in [2.45, 2.75) is 38.6 Å². The highest BCUT2D eigenvalue weighted by molar-refractivity contribution is 5.94. The fraction of sp³-hybridized carbons (Fsp3) is 0.533. The van der Waals surface area contributed by atoms with E-state index < -0.39 is 5.82 Å². The molecule has 1 heterocycles. The molecule has 0 saturated carbocycles. The van der Waals surface area contributed by atoms with Crippen molar-refractivity contribution in [3.8, 4) is 0 Å². The van der Waals surface area contributed by atoms with E-state index in [2.05, 4.69) is 10.2 Å². The van der Waals surface area contributed by atoms with Crippen LogP contribution in [0.25, 0.3) is 0 Å². The Labute approximate surface area is 119 Å². The zero-order chi connectivity index (χ0) is 14.5. The molecule has 3 N–H and O–H groups in total. The molecule has 1 aromatic rings. The number of rotatable bonds is 3. The van der Waals surface area contributed by atoms with Gasteiger partial charge in [0.05, 0.1) is 11.7 Å². The number of halogens is 1. The van der Waals surface area contributed by atoms with Crippen LogP contribution in [0.3, 0.4) is 0 Å². The highest BCUT2D eigenvalue weighted by atomic mass is 19.1. The lowest BCUT2D eigenvalue weighted by molar-refractivity contribution is -0.120. The zero-order valence-corrected chi connectivity index (χ0v) is 11.9. The maximum atomic E-state index is 13.1. The number of hydrogen-bond donors (Lipinski definition) is 2. The monoisotopic (exact) mass is 279 g/mol. The molecule has 0 aliphatic carbocycles. The second-order valence-corrected chi connectivity index (χ2v) is 5.35. The number of benzene rings is 1. The third-order valence-electron chi connectivity index (χ3n) is 3.83. The summed E-state index contributed by atoms with van der Waals surface area (Å²) in [6, 6.07) is 4.06. The number of likely N-dealkylation sites (tertiary alicyclic amines) is 1. The van der Waals surface area contributed by atoms with Gasteiger partial charge in [-0.1, -0.05) is 12.8 Å². The predicted molar refractivity (Wildman–Crippen MR) is 78.9 cm³/mol. The van der Waals surface area contributed by atoms with Crippen molar-refractivity contribution in [3.05, 3.63) is 24.0 Å². The summed E-state index contributed by atoms with van der Waals surface area (Å²) in [5.41, 5.74) is 6.08. The maximum Gasteiger partial charge on any atom is 0.241 e. The third-order valence-corrected chi connectivity index (χ3v) is 3.83. The van der Waals surface area contributed by atoms with Gasteiger partial charge >= 0.3 is 0 Å². The Kier molecular flexibility index (Phi) is 4.95. The first kappa shape index (κ1) is 14.8. The Hall–Kier alpha value is -1.62. The normalized spacial score (nSPS) is 18.3. The van der Waals surface area contributed by atoms with Gasteiger partial charge in [0.15, 0.2) is 0 Å². The number of nitrogens with zero attached hydrogens (tertiary/aromatic N) is 1. The summed E-state index contributed by atoms with van der Waals surface area (Å²) >= 11 is 0. The lowest BCUT2D eigenvalue weighted by Gasteiger charge is -2.26. The molecule has 0 radical (unpaired) electrons. The van der Waals surface area contributed by atoms with Gasteiger partial charge < -0.3 is 11.1 Å². The van der Waals surface area contributed by atoms with Crippen molar-refractivity contribution >= 4 is 17.3 Å². The average Bonchev–Trinajstić information content (AvgIpc) is 2.71. The lowest BCUT2D eigenvalue weighted by Crippen LogP contribution is -2.42. The van der Waals surface area contributed by atoms with Gasteiger partial charge in [0.2, 0.25) is 5.91 Å². The van der Waals surface area contributed by atoms with Crippen molar-refractivity contribution in [1.29, 1.82) is 0 Å². The fourth-order valence-electron chi connectivity index (χ4n) is 2.52. The van der Waals surface area contributed by atoms with Crippen molar-refractivity contribution in [2.75, 3.05) is 24.1 Å². The van der Waals surface area contributed by atoms with E-state index >= 15 is 0 Å². The molecule has 1 atom stereocenters. The zero-order valence-electron chi connectivity index (χ0n) is 11.9. The smallest absolute Gasteiger partial charge is 0.241 e. The number of nitrogens with one attached hydrogen (secondary N) is 1. The summed E-state index contributed by atoms with van der Waals surface area (Å²) in [5.74, 6) is -0.540. The molecule has 1 amide bonds. The molecular weight excluding hydrogens is 257 g/mol. The van der Waals surface area contributed by atoms with Gasteiger partial charge in [-0.15, -0.1) is 0 Å². The molecule has 0 spiro atoms. The maximum absolute atomic E-state index is 13.1. The number of carbonyl (C=O) groups excluding carboxylic acids is 1. The second kappa shape index (κ2) is 6.70. The van der Waals surface area contributed by atoms with Gasteiger partial charge in [-0.2, -0.15) is 0 Å². The molecule has 0 bridgehead atoms. The molecule has 0 aromatic heterocycles. The Morgan fingerprint density at radius 2 is 1.95 bits per heavy atom. The second-order valence-electron chi connectivity index (χ2n) is 5.35. The number of nitrogen functional groups attached to an aromatic ring is 1. The summed E-state index contributed by atoms with van der Waals surface area (Å²) in [6.07, 6.45) is 4.75. The van der Waals surface area contributed by atoms with E-state index in [1.54, 1.807) is 0 Å². The SMILES string of the molecule is CC(C(=O)Nc1ccc(F)c(N)c1)N1CCCCCC1. The van der Waals surface area contributed by atoms with Gasteiger partial charge in [0, 0.05) is 5.69 Å². The van der Waals surface area contributed by atoms with Gasteiger partial charge in [-0.25, -0.2) is 4.39 Å². The molecule has 20 heavy (non-hydrogen) atoms. The van der Waals surface area contributed by atoms with Gasteiger partial charge in [-0.05, 0) is 51.1 Å². The summed E-state index contributed by atoms with van der Waals surface area (Å²) in [6.45, 7) is 3.83. The largest absolute Gasteiger partial charge is 0.396 e. The van der Waals surface area contributed by atoms with Crippen LogP contribution in [0.15, 0.2) is 18.2 Å². The van der Waals surface area contributed by atoms with Crippen LogP contribution in [-0.4, -0.2) is 29.9 Å². The van der Waals surface area contributed by atoms with Crippen LogP contribution in [-0.2, 0) is 4.79 Å². The van der Waals surface area contributed by atoms with E-state index in [0.29, 0.717) is 5.69 Å². The number of nitrogens with two attached hydrogens (primary N) is 1. The minimum absolute atomic E-state index is 0.0465. The average molecular weight is 279 g/mol. The summed E-state index contributed by atoms with van der Waals surface area (Å²) in [5, 5.41) is 2.80. The molecule has 1 unspecified atom stereocenters. The van der Waals surface area contributed by atoms with E-state index in [0.717, 1.165) is 25.9 Å². The van der Waals surface area contributed by atoms with E-state index in [-0.39, 0.29) is 17.6 Å². The summed E-state index contributed by atoms with van der Waals surface area (Å²) in [4.78, 5) is 14.4. The number of anilines is 2. The first-order chi connectivity index (χ1) is 9.58. The van der Waals surface area contributed by atoms with Crippen molar-refractivity contribution < 1.29 is 9.18 Å². The quantitative estimate of drug-likeness (QED) is 0.836. The Morgan fingerprint density at radius 1 is 1.30 bits per heavy atom. The van der Waals surface area contributed by atoms with Crippen molar-refractivity contribution in [3.63, 3.8) is 0 Å². The molecule has 1 aliphatic heterocycles. The number of hydrogen-bond acceptors (Lipinski definition) is 3. The minimum atomic E-state index is -0.469. The summed E-state index contributed by atoms with van der Waals surface area (Å²) in [7, 11) is 0. The van der Waals surface area contributed by atoms with E-state index in [9.17, 15) is 9.18 Å². The molecule has 1 aromatic carbocycles. The highest BCUT2D eigenvalue weighted by Gasteiger charge is 2.22. The van der Waals surface area contributed by atoms with Crippen LogP contribution in [0, 0.1) is 5.82 Å². The topological polar surface area (TPSA) is 58.4 Å². The molecule has 4 nitrogen and oxygen atoms in total. The first-order valence-corrected chi connectivity index (χ1v) is 7.18. The van der Waals surface area contributed by atoms with Gasteiger partial charge in [0.1, 0.15) is 5.82 Å².